The molecule has 0 aromatic carbocycles. The standard InChI is InChI=1S/C2H7ClSi.C2H4/c1-4(2)3;1-2/h4H,1-2H3;1-2H2. The molecule has 0 aromatic heterocycles. The van der Waals surface area contributed by atoms with Crippen LogP contribution in [0.25, 0.3) is 0 Å². The van der Waals surface area contributed by atoms with Gasteiger partial charge in [0.2, 0.25) is 0 Å². The first-order valence-electron chi connectivity index (χ1n) is 1.87. The summed E-state index contributed by atoms with van der Waals surface area (Å²) < 4.78 is 0. The second-order valence-corrected chi connectivity index (χ2v) is 5.66. The largest absolute Gasteiger partial charge is 0.172 e. The molecule has 0 saturated carbocycles. The van der Waals surface area contributed by atoms with Gasteiger partial charge < -0.3 is 0 Å². The number of rotatable bonds is 0. The van der Waals surface area contributed by atoms with E-state index in [1.54, 1.807) is 0 Å². The van der Waals surface area contributed by atoms with Crippen LogP contribution in [0.2, 0.25) is 13.1 Å². The van der Waals surface area contributed by atoms with Crippen LogP contribution in [-0.2, 0) is 0 Å². The van der Waals surface area contributed by atoms with Crippen LogP contribution in [0, 0.1) is 0 Å². The quantitative estimate of drug-likeness (QED) is 0.262. The van der Waals surface area contributed by atoms with E-state index in [2.05, 4.69) is 26.3 Å². The molecular weight excluding hydrogens is 112 g/mol. The van der Waals surface area contributed by atoms with E-state index >= 15 is 0 Å². The van der Waals surface area contributed by atoms with Crippen molar-refractivity contribution in [2.45, 2.75) is 13.1 Å². The van der Waals surface area contributed by atoms with Gasteiger partial charge in [-0.25, -0.2) is 0 Å². The van der Waals surface area contributed by atoms with Crippen molar-refractivity contribution in [3.63, 3.8) is 0 Å². The van der Waals surface area contributed by atoms with E-state index in [1.165, 1.54) is 0 Å². The van der Waals surface area contributed by atoms with Crippen LogP contribution < -0.4 is 0 Å². The van der Waals surface area contributed by atoms with Crippen LogP contribution in [0.15, 0.2) is 13.2 Å². The van der Waals surface area contributed by atoms with Crippen molar-refractivity contribution in [1.29, 1.82) is 0 Å². The maximum Gasteiger partial charge on any atom is 0.134 e. The Morgan fingerprint density at radius 2 is 1.33 bits per heavy atom. The van der Waals surface area contributed by atoms with Gasteiger partial charge in [-0.3, -0.25) is 0 Å². The van der Waals surface area contributed by atoms with Crippen LogP contribution in [-0.4, -0.2) is 8.11 Å². The molecule has 0 spiro atoms. The molecule has 0 amide bonds. The molecule has 0 bridgehead atoms. The van der Waals surface area contributed by atoms with Gasteiger partial charge in [-0.15, -0.1) is 13.2 Å². The lowest BCUT2D eigenvalue weighted by Gasteiger charge is -1.72. The molecule has 0 nitrogen and oxygen atoms in total. The van der Waals surface area contributed by atoms with Crippen LogP contribution in [0.4, 0.5) is 0 Å². The summed E-state index contributed by atoms with van der Waals surface area (Å²) in [5, 5.41) is 0. The first-order valence-corrected chi connectivity index (χ1v) is 5.93. The lowest BCUT2D eigenvalue weighted by Crippen LogP contribution is -1.78. The van der Waals surface area contributed by atoms with Crippen molar-refractivity contribution in [3.8, 4) is 0 Å². The minimum atomic E-state index is -0.667. The lowest BCUT2D eigenvalue weighted by molar-refractivity contribution is 2.10. The molecule has 0 aliphatic carbocycles. The van der Waals surface area contributed by atoms with E-state index in [0.717, 1.165) is 0 Å². The third-order valence-electron chi connectivity index (χ3n) is 0. The Labute approximate surface area is 46.1 Å². The highest BCUT2D eigenvalue weighted by atomic mass is 35.6. The molecule has 0 radical (unpaired) electrons. The van der Waals surface area contributed by atoms with Gasteiger partial charge in [0.25, 0.3) is 0 Å². The van der Waals surface area contributed by atoms with Crippen molar-refractivity contribution in [2.75, 3.05) is 0 Å². The highest BCUT2D eigenvalue weighted by Gasteiger charge is 1.76. The number of hydrogen-bond donors (Lipinski definition) is 0. The zero-order valence-electron chi connectivity index (χ0n) is 4.37. The van der Waals surface area contributed by atoms with Crippen LogP contribution in [0.1, 0.15) is 0 Å². The topological polar surface area (TPSA) is 0 Å². The Hall–Kier alpha value is 0.247. The second kappa shape index (κ2) is 8.98. The van der Waals surface area contributed by atoms with Crippen molar-refractivity contribution >= 4 is 19.2 Å². The average molecular weight is 123 g/mol. The molecule has 0 unspecified atom stereocenters. The smallest absolute Gasteiger partial charge is 0.134 e. The Bertz CT molecular complexity index is 18.8. The highest BCUT2D eigenvalue weighted by Crippen LogP contribution is 1.79. The summed E-state index contributed by atoms with van der Waals surface area (Å²) in [5.41, 5.74) is 0. The third-order valence-corrected chi connectivity index (χ3v) is 0. The molecule has 0 atom stereocenters. The summed E-state index contributed by atoms with van der Waals surface area (Å²) >= 11 is 5.41. The van der Waals surface area contributed by atoms with Gasteiger partial charge in [-0.1, -0.05) is 13.1 Å². The summed E-state index contributed by atoms with van der Waals surface area (Å²) in [5.74, 6) is 0. The maximum atomic E-state index is 5.41. The third kappa shape index (κ3) is 735. The maximum absolute atomic E-state index is 5.41. The average Bonchev–Trinajstić information content (AvgIpc) is 1.41. The fourth-order valence-corrected chi connectivity index (χ4v) is 0. The Morgan fingerprint density at radius 3 is 1.33 bits per heavy atom. The summed E-state index contributed by atoms with van der Waals surface area (Å²) in [6, 6.07) is 0. The minimum absolute atomic E-state index is 0.667. The van der Waals surface area contributed by atoms with Gasteiger partial charge in [0.15, 0.2) is 0 Å². The number of hydrogen-bond acceptors (Lipinski definition) is 0. The molecule has 0 aliphatic rings. The second-order valence-electron chi connectivity index (χ2n) is 1.01. The van der Waals surface area contributed by atoms with Crippen molar-refractivity contribution in [1.82, 2.24) is 0 Å². The van der Waals surface area contributed by atoms with E-state index in [9.17, 15) is 0 Å². The van der Waals surface area contributed by atoms with E-state index in [4.69, 9.17) is 11.1 Å². The molecule has 0 aromatic rings. The molecule has 6 heavy (non-hydrogen) atoms. The van der Waals surface area contributed by atoms with Crippen LogP contribution >= 0.6 is 11.1 Å². The fraction of sp³-hybridized carbons (Fsp3) is 0.500. The summed E-state index contributed by atoms with van der Waals surface area (Å²) in [7, 11) is -0.667. The van der Waals surface area contributed by atoms with Gasteiger partial charge in [-0.2, -0.15) is 11.1 Å². The fourth-order valence-electron chi connectivity index (χ4n) is 0. The molecule has 0 aliphatic heterocycles. The first kappa shape index (κ1) is 9.54. The van der Waals surface area contributed by atoms with E-state index in [-0.39, 0.29) is 0 Å². The normalized spacial score (nSPS) is 6.67. The molecule has 0 heterocycles. The first-order chi connectivity index (χ1) is 2.73. The van der Waals surface area contributed by atoms with Gasteiger partial charge in [0, 0.05) is 0 Å². The predicted octanol–water partition coefficient (Wildman–Crippen LogP) is 2.01. The molecule has 0 N–H and O–H groups in total. The summed E-state index contributed by atoms with van der Waals surface area (Å²) in [6.07, 6.45) is 0. The molecule has 0 rings (SSSR count). The van der Waals surface area contributed by atoms with Crippen molar-refractivity contribution in [3.05, 3.63) is 13.2 Å². The summed E-state index contributed by atoms with van der Waals surface area (Å²) in [6.45, 7) is 10.1. The Morgan fingerprint density at radius 1 is 1.33 bits per heavy atom. The van der Waals surface area contributed by atoms with Crippen molar-refractivity contribution < 1.29 is 0 Å². The van der Waals surface area contributed by atoms with Crippen LogP contribution in [0.3, 0.4) is 0 Å². The SMILES string of the molecule is C=C.C[SiH](C)Cl. The van der Waals surface area contributed by atoms with Crippen LogP contribution in [0.5, 0.6) is 0 Å². The van der Waals surface area contributed by atoms with E-state index in [0.29, 0.717) is 0 Å². The molecule has 2 heteroatoms. The molecular formula is C4H11ClSi. The van der Waals surface area contributed by atoms with Gasteiger partial charge in [0.1, 0.15) is 8.11 Å². The van der Waals surface area contributed by atoms with E-state index < -0.39 is 8.11 Å². The summed E-state index contributed by atoms with van der Waals surface area (Å²) in [4.78, 5) is 0. The zero-order valence-corrected chi connectivity index (χ0v) is 6.28. The molecule has 38 valence electrons. The van der Waals surface area contributed by atoms with Gasteiger partial charge >= 0.3 is 0 Å². The molecule has 0 saturated heterocycles. The van der Waals surface area contributed by atoms with Gasteiger partial charge in [-0.05, 0) is 0 Å². The molecule has 0 fully saturated rings. The van der Waals surface area contributed by atoms with Crippen molar-refractivity contribution in [2.24, 2.45) is 0 Å². The highest BCUT2D eigenvalue weighted by molar-refractivity contribution is 7.05. The zero-order chi connectivity index (χ0) is 5.58. The van der Waals surface area contributed by atoms with Gasteiger partial charge in [0.05, 0.1) is 0 Å². The minimum Gasteiger partial charge on any atom is -0.172 e. The Balaban J connectivity index is 0. The van der Waals surface area contributed by atoms with E-state index in [1.807, 2.05) is 0 Å². The Kier molecular flexibility index (Phi) is 14.3. The number of halogens is 1. The monoisotopic (exact) mass is 122 g/mol. The predicted molar refractivity (Wildman–Crippen MR) is 36.0 cm³/mol. The lowest BCUT2D eigenvalue weighted by atomic mass is 11.3.